The molecule has 0 aliphatic heterocycles. The Balaban J connectivity index is 3.12. The molecule has 1 aromatic rings. The van der Waals surface area contributed by atoms with E-state index in [0.29, 0.717) is 6.42 Å². The van der Waals surface area contributed by atoms with Crippen LogP contribution in [-0.2, 0) is 16.6 Å². The van der Waals surface area contributed by atoms with E-state index in [4.69, 9.17) is 0 Å². The van der Waals surface area contributed by atoms with Crippen molar-refractivity contribution in [3.05, 3.63) is 35.4 Å². The van der Waals surface area contributed by atoms with E-state index in [0.717, 1.165) is 5.56 Å². The summed E-state index contributed by atoms with van der Waals surface area (Å²) in [7, 11) is 0. The highest BCUT2D eigenvalue weighted by Crippen LogP contribution is 2.30. The summed E-state index contributed by atoms with van der Waals surface area (Å²) in [6, 6.07) is 8.11. The van der Waals surface area contributed by atoms with Gasteiger partial charge in [-0.3, -0.25) is 4.79 Å². The molecule has 0 saturated heterocycles. The second-order valence-corrected chi connectivity index (χ2v) is 6.27. The molecule has 0 aliphatic carbocycles. The van der Waals surface area contributed by atoms with Gasteiger partial charge in [0.2, 0.25) is 0 Å². The van der Waals surface area contributed by atoms with Gasteiger partial charge in [0, 0.05) is 0 Å². The van der Waals surface area contributed by atoms with Gasteiger partial charge in [0.1, 0.15) is 0 Å². The van der Waals surface area contributed by atoms with Crippen molar-refractivity contribution in [1.29, 1.82) is 0 Å². The Morgan fingerprint density at radius 1 is 1.12 bits per heavy atom. The molecule has 0 amide bonds. The number of benzene rings is 1. The Kier molecular flexibility index (Phi) is 3.65. The summed E-state index contributed by atoms with van der Waals surface area (Å²) in [5.41, 5.74) is 1.69. The van der Waals surface area contributed by atoms with E-state index in [1.807, 2.05) is 18.2 Å². The fraction of sp³-hybridized carbons (Fsp3) is 0.533. The summed E-state index contributed by atoms with van der Waals surface area (Å²) < 4.78 is 0. The van der Waals surface area contributed by atoms with Crippen LogP contribution < -0.4 is 0 Å². The van der Waals surface area contributed by atoms with Crippen LogP contribution in [0.2, 0.25) is 0 Å². The van der Waals surface area contributed by atoms with Crippen LogP contribution in [0, 0.1) is 5.41 Å². The van der Waals surface area contributed by atoms with Crippen LogP contribution in [0.4, 0.5) is 0 Å². The van der Waals surface area contributed by atoms with E-state index in [1.54, 1.807) is 13.8 Å². The Labute approximate surface area is 104 Å². The number of rotatable bonds is 3. The van der Waals surface area contributed by atoms with Gasteiger partial charge in [-0.2, -0.15) is 0 Å². The number of carbonyl (C=O) groups is 1. The zero-order chi connectivity index (χ0) is 13.3. The second kappa shape index (κ2) is 4.52. The maximum atomic E-state index is 11.2. The van der Waals surface area contributed by atoms with Crippen LogP contribution >= 0.6 is 0 Å². The average molecular weight is 234 g/mol. The van der Waals surface area contributed by atoms with Crippen LogP contribution in [0.1, 0.15) is 45.7 Å². The normalized spacial score (nSPS) is 12.5. The average Bonchev–Trinajstić information content (AvgIpc) is 2.15. The highest BCUT2D eigenvalue weighted by atomic mass is 16.4. The molecule has 0 aromatic heterocycles. The molecular weight excluding hydrogens is 212 g/mol. The van der Waals surface area contributed by atoms with Gasteiger partial charge in [0.05, 0.1) is 5.41 Å². The molecule has 0 atom stereocenters. The van der Waals surface area contributed by atoms with Gasteiger partial charge in [0.25, 0.3) is 0 Å². The molecule has 1 aromatic carbocycles. The standard InChI is InChI=1S/C15H22O2/c1-14(2,3)12-9-7-6-8-11(12)10-15(4,5)13(16)17/h6-9H,10H2,1-5H3,(H,16,17). The van der Waals surface area contributed by atoms with Gasteiger partial charge in [-0.05, 0) is 36.8 Å². The number of hydrogen-bond acceptors (Lipinski definition) is 1. The number of hydrogen-bond donors (Lipinski definition) is 1. The first-order chi connectivity index (χ1) is 7.64. The van der Waals surface area contributed by atoms with Crippen molar-refractivity contribution in [3.8, 4) is 0 Å². The van der Waals surface area contributed by atoms with Crippen LogP contribution in [0.5, 0.6) is 0 Å². The first-order valence-corrected chi connectivity index (χ1v) is 5.96. The second-order valence-electron chi connectivity index (χ2n) is 6.27. The Morgan fingerprint density at radius 3 is 2.12 bits per heavy atom. The Morgan fingerprint density at radius 2 is 1.65 bits per heavy atom. The van der Waals surface area contributed by atoms with E-state index in [2.05, 4.69) is 26.8 Å². The van der Waals surface area contributed by atoms with Gasteiger partial charge in [-0.15, -0.1) is 0 Å². The number of aliphatic carboxylic acids is 1. The molecule has 0 radical (unpaired) electrons. The Hall–Kier alpha value is -1.31. The zero-order valence-corrected chi connectivity index (χ0v) is 11.4. The predicted octanol–water partition coefficient (Wildman–Crippen LogP) is 3.64. The maximum absolute atomic E-state index is 11.2. The molecule has 0 fully saturated rings. The minimum Gasteiger partial charge on any atom is -0.481 e. The van der Waals surface area contributed by atoms with Crippen LogP contribution in [0.15, 0.2) is 24.3 Å². The molecule has 94 valence electrons. The fourth-order valence-electron chi connectivity index (χ4n) is 1.96. The molecule has 0 spiro atoms. The summed E-state index contributed by atoms with van der Waals surface area (Å²) >= 11 is 0. The van der Waals surface area contributed by atoms with Crippen molar-refractivity contribution in [1.82, 2.24) is 0 Å². The fourth-order valence-corrected chi connectivity index (χ4v) is 1.96. The van der Waals surface area contributed by atoms with Crippen LogP contribution in [0.3, 0.4) is 0 Å². The first-order valence-electron chi connectivity index (χ1n) is 5.96. The number of carboxylic acid groups (broad SMARTS) is 1. The molecule has 0 aliphatic rings. The van der Waals surface area contributed by atoms with Gasteiger partial charge in [0.15, 0.2) is 0 Å². The predicted molar refractivity (Wildman–Crippen MR) is 70.3 cm³/mol. The lowest BCUT2D eigenvalue weighted by atomic mass is 9.78. The van der Waals surface area contributed by atoms with Gasteiger partial charge in [-0.1, -0.05) is 45.0 Å². The molecule has 2 nitrogen and oxygen atoms in total. The summed E-state index contributed by atoms with van der Waals surface area (Å²) in [6.45, 7) is 10.0. The van der Waals surface area contributed by atoms with E-state index in [-0.39, 0.29) is 5.41 Å². The molecular formula is C15H22O2. The Bertz CT molecular complexity index is 411. The molecule has 2 heteroatoms. The molecule has 0 saturated carbocycles. The van der Waals surface area contributed by atoms with E-state index >= 15 is 0 Å². The first kappa shape index (κ1) is 13.8. The minimum absolute atomic E-state index is 0.0468. The highest BCUT2D eigenvalue weighted by Gasteiger charge is 2.29. The molecule has 0 heterocycles. The summed E-state index contributed by atoms with van der Waals surface area (Å²) in [5, 5.41) is 9.20. The lowest BCUT2D eigenvalue weighted by Gasteiger charge is -2.26. The zero-order valence-electron chi connectivity index (χ0n) is 11.4. The van der Waals surface area contributed by atoms with Crippen molar-refractivity contribution >= 4 is 5.97 Å². The molecule has 0 unspecified atom stereocenters. The van der Waals surface area contributed by atoms with Gasteiger partial charge >= 0.3 is 5.97 Å². The van der Waals surface area contributed by atoms with Gasteiger partial charge in [-0.25, -0.2) is 0 Å². The third-order valence-corrected chi connectivity index (χ3v) is 3.04. The van der Waals surface area contributed by atoms with E-state index < -0.39 is 11.4 Å². The lowest BCUT2D eigenvalue weighted by molar-refractivity contribution is -0.146. The summed E-state index contributed by atoms with van der Waals surface area (Å²) in [6.07, 6.45) is 0.565. The highest BCUT2D eigenvalue weighted by molar-refractivity contribution is 5.74. The topological polar surface area (TPSA) is 37.3 Å². The number of carboxylic acids is 1. The minimum atomic E-state index is -0.749. The van der Waals surface area contributed by atoms with Crippen molar-refractivity contribution in [2.24, 2.45) is 5.41 Å². The summed E-state index contributed by atoms with van der Waals surface area (Å²) in [4.78, 5) is 11.2. The van der Waals surface area contributed by atoms with E-state index in [9.17, 15) is 9.90 Å². The van der Waals surface area contributed by atoms with Crippen molar-refractivity contribution in [2.75, 3.05) is 0 Å². The molecule has 1 rings (SSSR count). The smallest absolute Gasteiger partial charge is 0.309 e. The quantitative estimate of drug-likeness (QED) is 0.867. The van der Waals surface area contributed by atoms with Crippen molar-refractivity contribution in [2.45, 2.75) is 46.5 Å². The van der Waals surface area contributed by atoms with Crippen molar-refractivity contribution < 1.29 is 9.90 Å². The third kappa shape index (κ3) is 3.32. The largest absolute Gasteiger partial charge is 0.481 e. The summed E-state index contributed by atoms with van der Waals surface area (Å²) in [5.74, 6) is -0.749. The van der Waals surface area contributed by atoms with Gasteiger partial charge < -0.3 is 5.11 Å². The van der Waals surface area contributed by atoms with Crippen LogP contribution in [-0.4, -0.2) is 11.1 Å². The molecule has 1 N–H and O–H groups in total. The monoisotopic (exact) mass is 234 g/mol. The molecule has 17 heavy (non-hydrogen) atoms. The maximum Gasteiger partial charge on any atom is 0.309 e. The van der Waals surface area contributed by atoms with Crippen molar-refractivity contribution in [3.63, 3.8) is 0 Å². The third-order valence-electron chi connectivity index (χ3n) is 3.04. The van der Waals surface area contributed by atoms with E-state index in [1.165, 1.54) is 5.56 Å². The van der Waals surface area contributed by atoms with Crippen LogP contribution in [0.25, 0.3) is 0 Å². The molecule has 0 bridgehead atoms. The lowest BCUT2D eigenvalue weighted by Crippen LogP contribution is -2.27. The SMILES string of the molecule is CC(C)(Cc1ccccc1C(C)(C)C)C(=O)O.